The van der Waals surface area contributed by atoms with Crippen molar-refractivity contribution in [2.45, 2.75) is 27.0 Å². The normalized spacial score (nSPS) is 9.89. The lowest BCUT2D eigenvalue weighted by Gasteiger charge is -2.07. The van der Waals surface area contributed by atoms with Crippen molar-refractivity contribution >= 4 is 18.1 Å². The Morgan fingerprint density at radius 2 is 2.06 bits per heavy atom. The van der Waals surface area contributed by atoms with Crippen LogP contribution in [-0.2, 0) is 13.2 Å². The second kappa shape index (κ2) is 6.31. The van der Waals surface area contributed by atoms with Gasteiger partial charge >= 0.3 is 0 Å². The van der Waals surface area contributed by atoms with E-state index in [9.17, 15) is 0 Å². The van der Waals surface area contributed by atoms with Crippen LogP contribution in [0.25, 0.3) is 0 Å². The number of hydrogen-bond donors (Lipinski definition) is 1. The molecule has 0 saturated heterocycles. The van der Waals surface area contributed by atoms with Crippen LogP contribution in [0.4, 0.5) is 5.69 Å². The summed E-state index contributed by atoms with van der Waals surface area (Å²) in [4.78, 5) is 0. The van der Waals surface area contributed by atoms with Crippen LogP contribution >= 0.6 is 12.4 Å². The van der Waals surface area contributed by atoms with Crippen LogP contribution in [0.2, 0.25) is 0 Å². The highest BCUT2D eigenvalue weighted by molar-refractivity contribution is 5.85. The van der Waals surface area contributed by atoms with Crippen molar-refractivity contribution in [2.24, 2.45) is 0 Å². The lowest BCUT2D eigenvalue weighted by Crippen LogP contribution is -1.98. The van der Waals surface area contributed by atoms with Crippen LogP contribution in [0.5, 0.6) is 5.75 Å². The van der Waals surface area contributed by atoms with Crippen molar-refractivity contribution in [2.75, 3.05) is 5.73 Å². The summed E-state index contributed by atoms with van der Waals surface area (Å²) in [6.07, 6.45) is 2.01. The Morgan fingerprint density at radius 3 is 2.67 bits per heavy atom. The number of nitrogens with two attached hydrogens (primary N) is 1. The molecule has 0 fully saturated rings. The van der Waals surface area contributed by atoms with Crippen LogP contribution in [0, 0.1) is 6.92 Å². The highest BCUT2D eigenvalue weighted by atomic mass is 35.5. The van der Waals surface area contributed by atoms with E-state index in [0.29, 0.717) is 12.3 Å². The van der Waals surface area contributed by atoms with E-state index < -0.39 is 0 Å². The Kier molecular flexibility index (Phi) is 5.04. The molecule has 5 heteroatoms. The third-order valence-electron chi connectivity index (χ3n) is 2.67. The fourth-order valence-electron chi connectivity index (χ4n) is 1.63. The fraction of sp³-hybridized carbons (Fsp3) is 0.308. The van der Waals surface area contributed by atoms with Gasteiger partial charge < -0.3 is 10.5 Å². The first-order valence-electron chi connectivity index (χ1n) is 5.71. The zero-order chi connectivity index (χ0) is 12.3. The van der Waals surface area contributed by atoms with E-state index in [1.807, 2.05) is 42.1 Å². The van der Waals surface area contributed by atoms with Crippen molar-refractivity contribution in [1.29, 1.82) is 0 Å². The molecule has 18 heavy (non-hydrogen) atoms. The van der Waals surface area contributed by atoms with Crippen LogP contribution in [0.15, 0.2) is 30.5 Å². The molecular weight excluding hydrogens is 250 g/mol. The van der Waals surface area contributed by atoms with Gasteiger partial charge in [0.1, 0.15) is 12.4 Å². The molecule has 2 aromatic rings. The summed E-state index contributed by atoms with van der Waals surface area (Å²) in [7, 11) is 0. The number of nitrogen functional groups attached to an aromatic ring is 1. The van der Waals surface area contributed by atoms with E-state index in [0.717, 1.165) is 23.6 Å². The molecule has 0 atom stereocenters. The Bertz CT molecular complexity index is 511. The predicted molar refractivity (Wildman–Crippen MR) is 75.1 cm³/mol. The highest BCUT2D eigenvalue weighted by Gasteiger charge is 2.05. The average Bonchev–Trinajstić information content (AvgIpc) is 2.69. The van der Waals surface area contributed by atoms with Gasteiger partial charge in [-0.3, -0.25) is 4.68 Å². The van der Waals surface area contributed by atoms with E-state index in [4.69, 9.17) is 10.5 Å². The van der Waals surface area contributed by atoms with E-state index >= 15 is 0 Å². The molecule has 0 aliphatic heterocycles. The standard InChI is InChI=1S/C13H17N3O.ClH/c1-3-16-8-11(10(2)15-16)9-17-13-7-5-4-6-12(13)14;/h4-8H,3,9,14H2,1-2H3;1H. The average molecular weight is 268 g/mol. The van der Waals surface area contributed by atoms with Crippen LogP contribution in [0.3, 0.4) is 0 Å². The maximum atomic E-state index is 5.81. The summed E-state index contributed by atoms with van der Waals surface area (Å²) in [5.41, 5.74) is 8.56. The maximum Gasteiger partial charge on any atom is 0.142 e. The van der Waals surface area contributed by atoms with Gasteiger partial charge in [-0.1, -0.05) is 12.1 Å². The molecule has 0 radical (unpaired) electrons. The van der Waals surface area contributed by atoms with Gasteiger partial charge in [-0.25, -0.2) is 0 Å². The topological polar surface area (TPSA) is 53.1 Å². The highest BCUT2D eigenvalue weighted by Crippen LogP contribution is 2.21. The minimum atomic E-state index is 0. The zero-order valence-electron chi connectivity index (χ0n) is 10.6. The summed E-state index contributed by atoms with van der Waals surface area (Å²) >= 11 is 0. The zero-order valence-corrected chi connectivity index (χ0v) is 11.4. The number of ether oxygens (including phenoxy) is 1. The van der Waals surface area contributed by atoms with E-state index in [1.165, 1.54) is 0 Å². The smallest absolute Gasteiger partial charge is 0.142 e. The first kappa shape index (κ1) is 14.4. The molecule has 1 heterocycles. The summed E-state index contributed by atoms with van der Waals surface area (Å²) in [6.45, 7) is 5.42. The molecule has 4 nitrogen and oxygen atoms in total. The fourth-order valence-corrected chi connectivity index (χ4v) is 1.63. The number of rotatable bonds is 4. The summed E-state index contributed by atoms with van der Waals surface area (Å²) in [5.74, 6) is 0.719. The van der Waals surface area contributed by atoms with Crippen molar-refractivity contribution in [3.63, 3.8) is 0 Å². The van der Waals surface area contributed by atoms with Crippen molar-refractivity contribution in [3.05, 3.63) is 41.7 Å². The third kappa shape index (κ3) is 3.17. The summed E-state index contributed by atoms with van der Waals surface area (Å²) < 4.78 is 7.59. The molecule has 0 unspecified atom stereocenters. The monoisotopic (exact) mass is 267 g/mol. The predicted octanol–water partition coefficient (Wildman–Crippen LogP) is 2.79. The van der Waals surface area contributed by atoms with Gasteiger partial charge in [0.15, 0.2) is 0 Å². The molecule has 98 valence electrons. The second-order valence-corrected chi connectivity index (χ2v) is 3.92. The maximum absolute atomic E-state index is 5.81. The van der Waals surface area contributed by atoms with Crippen LogP contribution < -0.4 is 10.5 Å². The summed E-state index contributed by atoms with van der Waals surface area (Å²) in [6, 6.07) is 7.50. The van der Waals surface area contributed by atoms with E-state index in [1.54, 1.807) is 0 Å². The lowest BCUT2D eigenvalue weighted by molar-refractivity contribution is 0.307. The lowest BCUT2D eigenvalue weighted by atomic mass is 10.3. The molecule has 1 aromatic carbocycles. The Hall–Kier alpha value is -1.68. The Balaban J connectivity index is 0.00000162. The number of nitrogens with zero attached hydrogens (tertiary/aromatic N) is 2. The number of aromatic nitrogens is 2. The molecule has 0 bridgehead atoms. The largest absolute Gasteiger partial charge is 0.487 e. The molecule has 2 N–H and O–H groups in total. The van der Waals surface area contributed by atoms with Crippen molar-refractivity contribution in [1.82, 2.24) is 9.78 Å². The quantitative estimate of drug-likeness (QED) is 0.867. The number of para-hydroxylation sites is 2. The van der Waals surface area contributed by atoms with Gasteiger partial charge in [0, 0.05) is 18.3 Å². The number of benzene rings is 1. The van der Waals surface area contributed by atoms with E-state index in [2.05, 4.69) is 12.0 Å². The first-order valence-corrected chi connectivity index (χ1v) is 5.71. The van der Waals surface area contributed by atoms with Gasteiger partial charge in [-0.2, -0.15) is 5.10 Å². The summed E-state index contributed by atoms with van der Waals surface area (Å²) in [5, 5.41) is 4.37. The van der Waals surface area contributed by atoms with Gasteiger partial charge in [0.05, 0.1) is 11.4 Å². The van der Waals surface area contributed by atoms with Gasteiger partial charge in [-0.15, -0.1) is 12.4 Å². The molecule has 0 amide bonds. The first-order chi connectivity index (χ1) is 8.20. The SMILES string of the molecule is CCn1cc(COc2ccccc2N)c(C)n1.Cl. The molecule has 0 spiro atoms. The number of hydrogen-bond acceptors (Lipinski definition) is 3. The Labute approximate surface area is 113 Å². The molecule has 2 rings (SSSR count). The van der Waals surface area contributed by atoms with Gasteiger partial charge in [-0.05, 0) is 26.0 Å². The minimum Gasteiger partial charge on any atom is -0.487 e. The molecule has 0 saturated carbocycles. The second-order valence-electron chi connectivity index (χ2n) is 3.92. The van der Waals surface area contributed by atoms with Crippen molar-refractivity contribution < 1.29 is 4.74 Å². The third-order valence-corrected chi connectivity index (χ3v) is 2.67. The van der Waals surface area contributed by atoms with E-state index in [-0.39, 0.29) is 12.4 Å². The van der Waals surface area contributed by atoms with Crippen LogP contribution in [0.1, 0.15) is 18.2 Å². The van der Waals surface area contributed by atoms with Crippen molar-refractivity contribution in [3.8, 4) is 5.75 Å². The van der Waals surface area contributed by atoms with Crippen LogP contribution in [-0.4, -0.2) is 9.78 Å². The number of anilines is 1. The molecule has 0 aliphatic carbocycles. The Morgan fingerprint density at radius 1 is 1.33 bits per heavy atom. The minimum absolute atomic E-state index is 0. The van der Waals surface area contributed by atoms with Gasteiger partial charge in [0.25, 0.3) is 0 Å². The molecule has 1 aromatic heterocycles. The number of halogens is 1. The molecule has 0 aliphatic rings. The number of aryl methyl sites for hydroxylation is 2. The molecular formula is C13H18ClN3O. The van der Waals surface area contributed by atoms with Gasteiger partial charge in [0.2, 0.25) is 0 Å².